The highest BCUT2D eigenvalue weighted by molar-refractivity contribution is 7.99. The zero-order valence-corrected chi connectivity index (χ0v) is 12.9. The average Bonchev–Trinajstić information content (AvgIpc) is 2.47. The quantitative estimate of drug-likeness (QED) is 0.840. The number of carboxylic acids is 1. The third kappa shape index (κ3) is 4.28. The fourth-order valence-electron chi connectivity index (χ4n) is 2.38. The van der Waals surface area contributed by atoms with E-state index < -0.39 is 12.0 Å². The van der Waals surface area contributed by atoms with Gasteiger partial charge in [0.1, 0.15) is 6.10 Å². The maximum Gasteiger partial charge on any atom is 0.305 e. The lowest BCUT2D eigenvalue weighted by Gasteiger charge is -2.26. The molecule has 2 atom stereocenters. The van der Waals surface area contributed by atoms with Crippen LogP contribution < -0.4 is 15.2 Å². The van der Waals surface area contributed by atoms with Crippen molar-refractivity contribution in [3.63, 3.8) is 0 Å². The molecule has 1 aliphatic rings. The van der Waals surface area contributed by atoms with E-state index in [-0.39, 0.29) is 12.5 Å². The molecule has 0 amide bonds. The second-order valence-corrected chi connectivity index (χ2v) is 6.19. The number of methoxy groups -OCH3 is 1. The summed E-state index contributed by atoms with van der Waals surface area (Å²) in [6.07, 6.45) is 2.11. The van der Waals surface area contributed by atoms with E-state index in [4.69, 9.17) is 20.3 Å². The molecule has 2 unspecified atom stereocenters. The van der Waals surface area contributed by atoms with Crippen LogP contribution in [0, 0.1) is 0 Å². The van der Waals surface area contributed by atoms with Gasteiger partial charge in [-0.3, -0.25) is 4.79 Å². The van der Waals surface area contributed by atoms with Crippen molar-refractivity contribution >= 4 is 17.7 Å². The molecule has 3 N–H and O–H groups in total. The van der Waals surface area contributed by atoms with Crippen molar-refractivity contribution < 1.29 is 19.4 Å². The summed E-state index contributed by atoms with van der Waals surface area (Å²) in [7, 11) is 1.57. The number of carbonyl (C=O) groups is 1. The highest BCUT2D eigenvalue weighted by Gasteiger charge is 2.23. The smallest absolute Gasteiger partial charge is 0.305 e. The van der Waals surface area contributed by atoms with Gasteiger partial charge in [0.2, 0.25) is 0 Å². The van der Waals surface area contributed by atoms with Gasteiger partial charge in [-0.1, -0.05) is 12.1 Å². The summed E-state index contributed by atoms with van der Waals surface area (Å²) < 4.78 is 11.4. The summed E-state index contributed by atoms with van der Waals surface area (Å²) >= 11 is 1.87. The van der Waals surface area contributed by atoms with Gasteiger partial charge >= 0.3 is 5.97 Å². The van der Waals surface area contributed by atoms with Gasteiger partial charge in [-0.25, -0.2) is 0 Å². The Bertz CT molecular complexity index is 489. The summed E-state index contributed by atoms with van der Waals surface area (Å²) in [4.78, 5) is 10.9. The topological polar surface area (TPSA) is 81.8 Å². The van der Waals surface area contributed by atoms with Crippen LogP contribution in [0.3, 0.4) is 0 Å². The molecular formula is C15H21NO4S. The molecule has 1 fully saturated rings. The van der Waals surface area contributed by atoms with Crippen molar-refractivity contribution in [2.45, 2.75) is 31.4 Å². The molecule has 0 bridgehead atoms. The highest BCUT2D eigenvalue weighted by Crippen LogP contribution is 2.37. The van der Waals surface area contributed by atoms with E-state index in [1.165, 1.54) is 0 Å². The molecule has 1 aromatic rings. The standard InChI is InChI=1S/C15H21NO4S/c1-19-13-6-2-5-11(12(16)8-14(17)18)15(13)20-10-4-3-7-21-9-10/h2,5-6,10,12H,3-4,7-9,16H2,1H3,(H,17,18). The number of thioether (sulfide) groups is 1. The zero-order chi connectivity index (χ0) is 15.2. The second kappa shape index (κ2) is 7.56. The van der Waals surface area contributed by atoms with Crippen LogP contribution in [0.5, 0.6) is 11.5 Å². The first kappa shape index (κ1) is 16.0. The molecule has 2 rings (SSSR count). The van der Waals surface area contributed by atoms with Gasteiger partial charge in [0.15, 0.2) is 11.5 Å². The number of para-hydroxylation sites is 1. The van der Waals surface area contributed by atoms with E-state index in [1.54, 1.807) is 19.2 Å². The van der Waals surface area contributed by atoms with E-state index in [1.807, 2.05) is 17.8 Å². The van der Waals surface area contributed by atoms with Gasteiger partial charge < -0.3 is 20.3 Å². The van der Waals surface area contributed by atoms with Crippen LogP contribution >= 0.6 is 11.8 Å². The van der Waals surface area contributed by atoms with Crippen molar-refractivity contribution in [3.8, 4) is 11.5 Å². The molecule has 21 heavy (non-hydrogen) atoms. The Morgan fingerprint density at radius 3 is 3.00 bits per heavy atom. The largest absolute Gasteiger partial charge is 0.493 e. The van der Waals surface area contributed by atoms with Crippen LogP contribution in [0.4, 0.5) is 0 Å². The minimum absolute atomic E-state index is 0.121. The molecule has 0 aliphatic carbocycles. The maximum atomic E-state index is 10.9. The lowest BCUT2D eigenvalue weighted by molar-refractivity contribution is -0.137. The SMILES string of the molecule is COc1cccc(C(N)CC(=O)O)c1OC1CCCSC1. The molecule has 1 heterocycles. The third-order valence-corrected chi connectivity index (χ3v) is 4.61. The molecule has 6 heteroatoms. The molecule has 0 radical (unpaired) electrons. The van der Waals surface area contributed by atoms with E-state index in [0.717, 1.165) is 24.3 Å². The molecule has 1 aromatic carbocycles. The van der Waals surface area contributed by atoms with Crippen molar-refractivity contribution in [2.24, 2.45) is 5.73 Å². The highest BCUT2D eigenvalue weighted by atomic mass is 32.2. The van der Waals surface area contributed by atoms with Gasteiger partial charge in [-0.15, -0.1) is 0 Å². The molecule has 5 nitrogen and oxygen atoms in total. The normalized spacial score (nSPS) is 19.8. The van der Waals surface area contributed by atoms with E-state index >= 15 is 0 Å². The number of hydrogen-bond donors (Lipinski definition) is 2. The van der Waals surface area contributed by atoms with Crippen LogP contribution in [-0.4, -0.2) is 35.8 Å². The summed E-state index contributed by atoms with van der Waals surface area (Å²) in [5.41, 5.74) is 6.69. The zero-order valence-electron chi connectivity index (χ0n) is 12.1. The van der Waals surface area contributed by atoms with E-state index in [0.29, 0.717) is 17.1 Å². The van der Waals surface area contributed by atoms with Crippen LogP contribution in [0.1, 0.15) is 30.9 Å². The van der Waals surface area contributed by atoms with Crippen molar-refractivity contribution in [1.29, 1.82) is 0 Å². The van der Waals surface area contributed by atoms with Crippen LogP contribution in [0.2, 0.25) is 0 Å². The number of hydrogen-bond acceptors (Lipinski definition) is 5. The number of ether oxygens (including phenoxy) is 2. The third-order valence-electron chi connectivity index (χ3n) is 3.43. The Morgan fingerprint density at radius 1 is 1.57 bits per heavy atom. The molecule has 0 saturated carbocycles. The Kier molecular flexibility index (Phi) is 5.76. The summed E-state index contributed by atoms with van der Waals surface area (Å²) in [5.74, 6) is 2.36. The Morgan fingerprint density at radius 2 is 2.38 bits per heavy atom. The van der Waals surface area contributed by atoms with Crippen LogP contribution in [-0.2, 0) is 4.79 Å². The number of rotatable bonds is 6. The monoisotopic (exact) mass is 311 g/mol. The van der Waals surface area contributed by atoms with Gasteiger partial charge in [-0.2, -0.15) is 11.8 Å². The number of aliphatic carboxylic acids is 1. The predicted octanol–water partition coefficient (Wildman–Crippen LogP) is 2.44. The fraction of sp³-hybridized carbons (Fsp3) is 0.533. The average molecular weight is 311 g/mol. The Balaban J connectivity index is 2.24. The molecule has 116 valence electrons. The summed E-state index contributed by atoms with van der Waals surface area (Å²) in [5, 5.41) is 8.93. The van der Waals surface area contributed by atoms with Gasteiger partial charge in [0.25, 0.3) is 0 Å². The van der Waals surface area contributed by atoms with Crippen molar-refractivity contribution in [3.05, 3.63) is 23.8 Å². The molecule has 1 aliphatic heterocycles. The van der Waals surface area contributed by atoms with Gasteiger partial charge in [0.05, 0.1) is 13.5 Å². The molecular weight excluding hydrogens is 290 g/mol. The first-order valence-electron chi connectivity index (χ1n) is 7.00. The Hall–Kier alpha value is -1.40. The van der Waals surface area contributed by atoms with E-state index in [2.05, 4.69) is 0 Å². The van der Waals surface area contributed by atoms with Crippen molar-refractivity contribution in [2.75, 3.05) is 18.6 Å². The fourth-order valence-corrected chi connectivity index (χ4v) is 3.42. The molecule has 0 aromatic heterocycles. The minimum Gasteiger partial charge on any atom is -0.493 e. The molecule has 1 saturated heterocycles. The maximum absolute atomic E-state index is 10.9. The van der Waals surface area contributed by atoms with Crippen molar-refractivity contribution in [1.82, 2.24) is 0 Å². The first-order valence-corrected chi connectivity index (χ1v) is 8.16. The van der Waals surface area contributed by atoms with Gasteiger partial charge in [-0.05, 0) is 24.7 Å². The summed E-state index contributed by atoms with van der Waals surface area (Å²) in [6.45, 7) is 0. The first-order chi connectivity index (χ1) is 10.1. The lowest BCUT2D eigenvalue weighted by atomic mass is 10.0. The number of carboxylic acid groups (broad SMARTS) is 1. The summed E-state index contributed by atoms with van der Waals surface area (Å²) in [6, 6.07) is 4.81. The minimum atomic E-state index is -0.926. The Labute approximate surface area is 128 Å². The number of nitrogens with two attached hydrogens (primary N) is 1. The second-order valence-electron chi connectivity index (χ2n) is 5.04. The molecule has 0 spiro atoms. The predicted molar refractivity (Wildman–Crippen MR) is 83.2 cm³/mol. The lowest BCUT2D eigenvalue weighted by Crippen LogP contribution is -2.25. The van der Waals surface area contributed by atoms with Crippen LogP contribution in [0.15, 0.2) is 18.2 Å². The van der Waals surface area contributed by atoms with E-state index in [9.17, 15) is 4.79 Å². The van der Waals surface area contributed by atoms with Crippen LogP contribution in [0.25, 0.3) is 0 Å². The number of benzene rings is 1. The van der Waals surface area contributed by atoms with Gasteiger partial charge in [0, 0.05) is 17.4 Å².